The van der Waals surface area contributed by atoms with Crippen LogP contribution in [0.15, 0.2) is 42.6 Å². The fourth-order valence-electron chi connectivity index (χ4n) is 3.22. The molecule has 1 saturated heterocycles. The van der Waals surface area contributed by atoms with Crippen molar-refractivity contribution in [2.24, 2.45) is 0 Å². The molecule has 3 rings (SSSR count). The second-order valence-corrected chi connectivity index (χ2v) is 6.88. The zero-order valence-electron chi connectivity index (χ0n) is 15.7. The first-order valence-corrected chi connectivity index (χ1v) is 9.51. The summed E-state index contributed by atoms with van der Waals surface area (Å²) in [6.07, 6.45) is 6.31. The molecule has 1 N–H and O–H groups in total. The second kappa shape index (κ2) is 8.70. The van der Waals surface area contributed by atoms with Crippen LogP contribution in [0.1, 0.15) is 43.1 Å². The van der Waals surface area contributed by atoms with Crippen molar-refractivity contribution < 1.29 is 4.79 Å². The van der Waals surface area contributed by atoms with E-state index >= 15 is 0 Å². The first kappa shape index (κ1) is 18.2. The van der Waals surface area contributed by atoms with Crippen LogP contribution < -0.4 is 10.2 Å². The van der Waals surface area contributed by atoms with E-state index in [1.165, 1.54) is 18.5 Å². The number of carbonyl (C=O) groups excluding carboxylic acids is 1. The molecular formula is C21H28N4O. The van der Waals surface area contributed by atoms with E-state index in [2.05, 4.69) is 46.4 Å². The predicted octanol–water partition coefficient (Wildman–Crippen LogP) is 4.30. The van der Waals surface area contributed by atoms with E-state index in [9.17, 15) is 4.79 Å². The third kappa shape index (κ3) is 4.54. The number of rotatable bonds is 7. The molecule has 0 saturated carbocycles. The molecule has 5 heteroatoms. The molecule has 1 amide bonds. The fourth-order valence-corrected chi connectivity index (χ4v) is 3.22. The number of nitrogens with one attached hydrogen (secondary N) is 1. The molecule has 0 bridgehead atoms. The lowest BCUT2D eigenvalue weighted by Crippen LogP contribution is -2.28. The van der Waals surface area contributed by atoms with E-state index in [0.29, 0.717) is 5.69 Å². The predicted molar refractivity (Wildman–Crippen MR) is 107 cm³/mol. The average molecular weight is 352 g/mol. The maximum atomic E-state index is 12.5. The van der Waals surface area contributed by atoms with Crippen molar-refractivity contribution in [3.05, 3.63) is 48.3 Å². The molecular weight excluding hydrogens is 324 g/mol. The smallest absolute Gasteiger partial charge is 0.272 e. The zero-order valence-corrected chi connectivity index (χ0v) is 15.7. The Morgan fingerprint density at radius 2 is 1.88 bits per heavy atom. The number of pyridine rings is 1. The van der Waals surface area contributed by atoms with Gasteiger partial charge in [-0.1, -0.05) is 13.3 Å². The highest BCUT2D eigenvalue weighted by Gasteiger charge is 2.14. The van der Waals surface area contributed by atoms with Crippen molar-refractivity contribution in [1.29, 1.82) is 0 Å². The summed E-state index contributed by atoms with van der Waals surface area (Å²) < 4.78 is 0. The van der Waals surface area contributed by atoms with Crippen molar-refractivity contribution in [3.63, 3.8) is 0 Å². The van der Waals surface area contributed by atoms with Crippen LogP contribution >= 0.6 is 0 Å². The van der Waals surface area contributed by atoms with E-state index in [0.717, 1.165) is 43.9 Å². The molecule has 0 aliphatic carbocycles. The molecule has 0 atom stereocenters. The van der Waals surface area contributed by atoms with Crippen LogP contribution in [0.25, 0.3) is 0 Å². The quantitative estimate of drug-likeness (QED) is 0.807. The average Bonchev–Trinajstić information content (AvgIpc) is 3.21. The summed E-state index contributed by atoms with van der Waals surface area (Å²) in [5.74, 6) is -0.0357. The van der Waals surface area contributed by atoms with Crippen molar-refractivity contribution in [2.45, 2.75) is 32.6 Å². The molecule has 0 spiro atoms. The van der Waals surface area contributed by atoms with Gasteiger partial charge in [-0.15, -0.1) is 0 Å². The van der Waals surface area contributed by atoms with Crippen molar-refractivity contribution >= 4 is 23.0 Å². The Morgan fingerprint density at radius 1 is 1.15 bits per heavy atom. The Morgan fingerprint density at radius 3 is 2.58 bits per heavy atom. The van der Waals surface area contributed by atoms with E-state index in [4.69, 9.17) is 0 Å². The lowest BCUT2D eigenvalue weighted by molar-refractivity contribution is 0.0787. The van der Waals surface area contributed by atoms with Crippen LogP contribution in [0.5, 0.6) is 0 Å². The molecule has 138 valence electrons. The standard InChI is InChI=1S/C21H28N4O/c1-3-4-13-24(2)21(26)20-16-18(11-12-22-20)23-17-7-9-19(10-8-17)25-14-5-6-15-25/h7-12,16H,3-6,13-15H2,1-2H3,(H,22,23). The summed E-state index contributed by atoms with van der Waals surface area (Å²) in [5, 5.41) is 3.37. The first-order valence-electron chi connectivity index (χ1n) is 9.51. The third-order valence-electron chi connectivity index (χ3n) is 4.80. The van der Waals surface area contributed by atoms with E-state index in [-0.39, 0.29) is 5.91 Å². The third-order valence-corrected chi connectivity index (χ3v) is 4.80. The van der Waals surface area contributed by atoms with Gasteiger partial charge >= 0.3 is 0 Å². The monoisotopic (exact) mass is 352 g/mol. The topological polar surface area (TPSA) is 48.5 Å². The molecule has 26 heavy (non-hydrogen) atoms. The van der Waals surface area contributed by atoms with Crippen LogP contribution in [0.2, 0.25) is 0 Å². The Labute approximate surface area is 156 Å². The molecule has 2 heterocycles. The largest absolute Gasteiger partial charge is 0.372 e. The Bertz CT molecular complexity index is 723. The van der Waals surface area contributed by atoms with Gasteiger partial charge in [0.15, 0.2) is 0 Å². The summed E-state index contributed by atoms with van der Waals surface area (Å²) >= 11 is 0. The summed E-state index contributed by atoms with van der Waals surface area (Å²) in [5.41, 5.74) is 3.64. The minimum Gasteiger partial charge on any atom is -0.372 e. The number of anilines is 3. The lowest BCUT2D eigenvalue weighted by Gasteiger charge is -2.18. The van der Waals surface area contributed by atoms with Gasteiger partial charge in [-0.25, -0.2) is 0 Å². The van der Waals surface area contributed by atoms with Gasteiger partial charge in [0.1, 0.15) is 5.69 Å². The second-order valence-electron chi connectivity index (χ2n) is 6.88. The van der Waals surface area contributed by atoms with E-state index < -0.39 is 0 Å². The number of benzene rings is 1. The van der Waals surface area contributed by atoms with E-state index in [1.54, 1.807) is 11.1 Å². The first-order chi connectivity index (χ1) is 12.7. The van der Waals surface area contributed by atoms with Gasteiger partial charge in [0.2, 0.25) is 0 Å². The van der Waals surface area contributed by atoms with Crippen molar-refractivity contribution in [1.82, 2.24) is 9.88 Å². The Kier molecular flexibility index (Phi) is 6.10. The van der Waals surface area contributed by atoms with E-state index in [1.807, 2.05) is 19.2 Å². The van der Waals surface area contributed by atoms with Gasteiger partial charge in [0, 0.05) is 49.9 Å². The maximum Gasteiger partial charge on any atom is 0.272 e. The highest BCUT2D eigenvalue weighted by molar-refractivity contribution is 5.93. The number of aromatic nitrogens is 1. The molecule has 1 aromatic carbocycles. The maximum absolute atomic E-state index is 12.5. The molecule has 5 nitrogen and oxygen atoms in total. The number of unbranched alkanes of at least 4 members (excludes halogenated alkanes) is 1. The summed E-state index contributed by atoms with van der Waals surface area (Å²) in [7, 11) is 1.83. The fraction of sp³-hybridized carbons (Fsp3) is 0.429. The van der Waals surface area contributed by atoms with Crippen LogP contribution in [0.3, 0.4) is 0 Å². The molecule has 1 aliphatic heterocycles. The molecule has 2 aromatic rings. The number of hydrogen-bond donors (Lipinski definition) is 1. The number of nitrogens with zero attached hydrogens (tertiary/aromatic N) is 3. The number of carbonyl (C=O) groups is 1. The molecule has 0 unspecified atom stereocenters. The summed E-state index contributed by atoms with van der Waals surface area (Å²) in [6.45, 7) is 5.17. The van der Waals surface area contributed by atoms with Crippen LogP contribution in [0, 0.1) is 0 Å². The normalized spacial score (nSPS) is 13.7. The molecule has 1 aliphatic rings. The van der Waals surface area contributed by atoms with Gasteiger partial charge in [-0.2, -0.15) is 0 Å². The Hall–Kier alpha value is -2.56. The minimum atomic E-state index is -0.0357. The highest BCUT2D eigenvalue weighted by Crippen LogP contribution is 2.24. The molecule has 1 aromatic heterocycles. The molecule has 1 fully saturated rings. The lowest BCUT2D eigenvalue weighted by atomic mass is 10.2. The van der Waals surface area contributed by atoms with Gasteiger partial charge in [0.05, 0.1) is 0 Å². The SMILES string of the molecule is CCCCN(C)C(=O)c1cc(Nc2ccc(N3CCCC3)cc2)ccn1. The van der Waals surface area contributed by atoms with Gasteiger partial charge < -0.3 is 15.1 Å². The summed E-state index contributed by atoms with van der Waals surface area (Å²) in [4.78, 5) is 20.9. The Balaban J connectivity index is 1.65. The van der Waals surface area contributed by atoms with Gasteiger partial charge in [0.25, 0.3) is 5.91 Å². The zero-order chi connectivity index (χ0) is 18.4. The minimum absolute atomic E-state index is 0.0357. The van der Waals surface area contributed by atoms with Crippen molar-refractivity contribution in [2.75, 3.05) is 36.9 Å². The van der Waals surface area contributed by atoms with Gasteiger partial charge in [-0.05, 0) is 55.7 Å². The van der Waals surface area contributed by atoms with Crippen LogP contribution in [0.4, 0.5) is 17.1 Å². The highest BCUT2D eigenvalue weighted by atomic mass is 16.2. The molecule has 0 radical (unpaired) electrons. The van der Waals surface area contributed by atoms with Crippen molar-refractivity contribution in [3.8, 4) is 0 Å². The summed E-state index contributed by atoms with van der Waals surface area (Å²) in [6, 6.07) is 12.2. The van der Waals surface area contributed by atoms with Crippen LogP contribution in [-0.4, -0.2) is 42.5 Å². The van der Waals surface area contributed by atoms with Gasteiger partial charge in [-0.3, -0.25) is 9.78 Å². The van der Waals surface area contributed by atoms with Crippen LogP contribution in [-0.2, 0) is 0 Å². The number of amides is 1. The number of hydrogen-bond acceptors (Lipinski definition) is 4.